The second kappa shape index (κ2) is 7.73. The summed E-state index contributed by atoms with van der Waals surface area (Å²) in [5.41, 5.74) is 2.38. The van der Waals surface area contributed by atoms with E-state index in [1.807, 2.05) is 49.4 Å². The van der Waals surface area contributed by atoms with E-state index in [1.54, 1.807) is 0 Å². The topological polar surface area (TPSA) is 59.6 Å². The van der Waals surface area contributed by atoms with E-state index in [-0.39, 0.29) is 12.1 Å². The molecule has 24 heavy (non-hydrogen) atoms. The Morgan fingerprint density at radius 3 is 2.75 bits per heavy atom. The van der Waals surface area contributed by atoms with Crippen LogP contribution in [-0.4, -0.2) is 31.8 Å². The van der Waals surface area contributed by atoms with E-state index >= 15 is 0 Å². The zero-order chi connectivity index (χ0) is 16.8. The molecular formula is C19H22N2O3. The van der Waals surface area contributed by atoms with Crippen LogP contribution in [0.5, 0.6) is 11.5 Å². The Labute approximate surface area is 142 Å². The zero-order valence-electron chi connectivity index (χ0n) is 13.7. The molecule has 2 amide bonds. The number of hydrogen-bond acceptors (Lipinski definition) is 3. The summed E-state index contributed by atoms with van der Waals surface area (Å²) in [6.07, 6.45) is 0.824. The molecule has 2 N–H and O–H groups in total. The van der Waals surface area contributed by atoms with Crippen LogP contribution in [0.25, 0.3) is 0 Å². The largest absolute Gasteiger partial charge is 0.492 e. The SMILES string of the molecule is Cc1ccc(OCCNC(=O)NCC2Cc3ccccc3O2)cc1. The number of para-hydroxylation sites is 1. The van der Waals surface area contributed by atoms with Crippen LogP contribution in [0.3, 0.4) is 0 Å². The lowest BCUT2D eigenvalue weighted by Gasteiger charge is -2.13. The highest BCUT2D eigenvalue weighted by atomic mass is 16.5. The maximum atomic E-state index is 11.8. The van der Waals surface area contributed by atoms with Crippen molar-refractivity contribution in [2.75, 3.05) is 19.7 Å². The van der Waals surface area contributed by atoms with Crippen LogP contribution < -0.4 is 20.1 Å². The van der Waals surface area contributed by atoms with Crippen LogP contribution in [-0.2, 0) is 6.42 Å². The summed E-state index contributed by atoms with van der Waals surface area (Å²) < 4.78 is 11.3. The van der Waals surface area contributed by atoms with E-state index in [0.29, 0.717) is 19.7 Å². The minimum absolute atomic E-state index is 0.00282. The first-order valence-electron chi connectivity index (χ1n) is 8.16. The maximum Gasteiger partial charge on any atom is 0.315 e. The monoisotopic (exact) mass is 326 g/mol. The highest BCUT2D eigenvalue weighted by Gasteiger charge is 2.22. The van der Waals surface area contributed by atoms with Crippen molar-refractivity contribution in [3.63, 3.8) is 0 Å². The van der Waals surface area contributed by atoms with Gasteiger partial charge >= 0.3 is 6.03 Å². The number of urea groups is 1. The predicted octanol–water partition coefficient (Wildman–Crippen LogP) is 2.68. The van der Waals surface area contributed by atoms with Gasteiger partial charge in [-0.2, -0.15) is 0 Å². The molecule has 1 aliphatic rings. The number of carbonyl (C=O) groups is 1. The molecule has 1 atom stereocenters. The molecule has 1 unspecified atom stereocenters. The van der Waals surface area contributed by atoms with Gasteiger partial charge in [0.1, 0.15) is 24.2 Å². The summed E-state index contributed by atoms with van der Waals surface area (Å²) in [6.45, 7) is 3.40. The third-order valence-electron chi connectivity index (χ3n) is 3.88. The molecule has 0 fully saturated rings. The van der Waals surface area contributed by atoms with E-state index in [1.165, 1.54) is 11.1 Å². The number of amides is 2. The smallest absolute Gasteiger partial charge is 0.315 e. The molecule has 2 aromatic rings. The number of fused-ring (bicyclic) bond motifs is 1. The van der Waals surface area contributed by atoms with Crippen molar-refractivity contribution in [3.8, 4) is 11.5 Å². The van der Waals surface area contributed by atoms with Gasteiger partial charge in [-0.1, -0.05) is 35.9 Å². The second-order valence-electron chi connectivity index (χ2n) is 5.85. The summed E-state index contributed by atoms with van der Waals surface area (Å²) in [5.74, 6) is 1.72. The summed E-state index contributed by atoms with van der Waals surface area (Å²) >= 11 is 0. The maximum absolute atomic E-state index is 11.8. The minimum Gasteiger partial charge on any atom is -0.492 e. The van der Waals surface area contributed by atoms with Crippen LogP contribution in [0.2, 0.25) is 0 Å². The lowest BCUT2D eigenvalue weighted by atomic mass is 10.1. The second-order valence-corrected chi connectivity index (χ2v) is 5.85. The molecule has 0 radical (unpaired) electrons. The summed E-state index contributed by atoms with van der Waals surface area (Å²) in [5, 5.41) is 5.61. The van der Waals surface area contributed by atoms with Crippen molar-refractivity contribution < 1.29 is 14.3 Å². The quantitative estimate of drug-likeness (QED) is 0.803. The fraction of sp³-hybridized carbons (Fsp3) is 0.316. The van der Waals surface area contributed by atoms with E-state index in [9.17, 15) is 4.79 Å². The van der Waals surface area contributed by atoms with Crippen molar-refractivity contribution in [1.29, 1.82) is 0 Å². The number of carbonyl (C=O) groups excluding carboxylic acids is 1. The Morgan fingerprint density at radius 1 is 1.17 bits per heavy atom. The molecule has 126 valence electrons. The standard InChI is InChI=1S/C19H22N2O3/c1-14-6-8-16(9-7-14)23-11-10-20-19(22)21-13-17-12-15-4-2-3-5-18(15)24-17/h2-9,17H,10-13H2,1H3,(H2,20,21,22). The molecule has 0 bridgehead atoms. The first-order valence-corrected chi connectivity index (χ1v) is 8.16. The molecule has 1 aliphatic heterocycles. The predicted molar refractivity (Wildman–Crippen MR) is 92.6 cm³/mol. The molecule has 1 heterocycles. The molecule has 0 aromatic heterocycles. The molecule has 3 rings (SSSR count). The Hall–Kier alpha value is -2.69. The van der Waals surface area contributed by atoms with Gasteiger partial charge in [-0.05, 0) is 30.7 Å². The average molecular weight is 326 g/mol. The molecule has 5 heteroatoms. The fourth-order valence-corrected chi connectivity index (χ4v) is 2.60. The van der Waals surface area contributed by atoms with Gasteiger partial charge in [0.05, 0.1) is 13.1 Å². The number of ether oxygens (including phenoxy) is 2. The minimum atomic E-state index is -0.206. The number of nitrogens with one attached hydrogen (secondary N) is 2. The Bertz CT molecular complexity index is 660. The lowest BCUT2D eigenvalue weighted by Crippen LogP contribution is -2.42. The van der Waals surface area contributed by atoms with Gasteiger partial charge in [0, 0.05) is 6.42 Å². The van der Waals surface area contributed by atoms with Crippen LogP contribution in [0.1, 0.15) is 11.1 Å². The van der Waals surface area contributed by atoms with Gasteiger partial charge in [0.25, 0.3) is 0 Å². The average Bonchev–Trinajstić information content (AvgIpc) is 3.01. The van der Waals surface area contributed by atoms with Crippen LogP contribution in [0.15, 0.2) is 48.5 Å². The van der Waals surface area contributed by atoms with Crippen molar-refractivity contribution >= 4 is 6.03 Å². The van der Waals surface area contributed by atoms with E-state index in [0.717, 1.165) is 17.9 Å². The number of aryl methyl sites for hydroxylation is 1. The van der Waals surface area contributed by atoms with Crippen molar-refractivity contribution in [3.05, 3.63) is 59.7 Å². The third-order valence-corrected chi connectivity index (χ3v) is 3.88. The van der Waals surface area contributed by atoms with Gasteiger partial charge in [0.15, 0.2) is 0 Å². The van der Waals surface area contributed by atoms with Gasteiger partial charge < -0.3 is 20.1 Å². The van der Waals surface area contributed by atoms with Crippen LogP contribution in [0, 0.1) is 6.92 Å². The first-order chi connectivity index (χ1) is 11.7. The van der Waals surface area contributed by atoms with Gasteiger partial charge in [-0.15, -0.1) is 0 Å². The third kappa shape index (κ3) is 4.41. The summed E-state index contributed by atoms with van der Waals surface area (Å²) in [7, 11) is 0. The molecule has 5 nitrogen and oxygen atoms in total. The van der Waals surface area contributed by atoms with Gasteiger partial charge in [-0.3, -0.25) is 0 Å². The molecule has 0 spiro atoms. The molecule has 0 saturated heterocycles. The Morgan fingerprint density at radius 2 is 1.96 bits per heavy atom. The Kier molecular flexibility index (Phi) is 5.21. The molecule has 0 aliphatic carbocycles. The summed E-state index contributed by atoms with van der Waals surface area (Å²) in [4.78, 5) is 11.8. The van der Waals surface area contributed by atoms with E-state index < -0.39 is 0 Å². The van der Waals surface area contributed by atoms with Crippen molar-refractivity contribution in [1.82, 2.24) is 10.6 Å². The number of benzene rings is 2. The highest BCUT2D eigenvalue weighted by molar-refractivity contribution is 5.73. The van der Waals surface area contributed by atoms with Crippen LogP contribution >= 0.6 is 0 Å². The number of rotatable bonds is 6. The van der Waals surface area contributed by atoms with Crippen LogP contribution in [0.4, 0.5) is 4.79 Å². The van der Waals surface area contributed by atoms with E-state index in [2.05, 4.69) is 16.7 Å². The molecular weight excluding hydrogens is 304 g/mol. The van der Waals surface area contributed by atoms with Gasteiger partial charge in [-0.25, -0.2) is 4.79 Å². The lowest BCUT2D eigenvalue weighted by molar-refractivity contribution is 0.212. The van der Waals surface area contributed by atoms with Gasteiger partial charge in [0.2, 0.25) is 0 Å². The Balaban J connectivity index is 1.30. The van der Waals surface area contributed by atoms with Crippen molar-refractivity contribution in [2.45, 2.75) is 19.4 Å². The zero-order valence-corrected chi connectivity index (χ0v) is 13.7. The molecule has 0 saturated carbocycles. The van der Waals surface area contributed by atoms with E-state index in [4.69, 9.17) is 9.47 Å². The highest BCUT2D eigenvalue weighted by Crippen LogP contribution is 2.27. The molecule has 2 aromatic carbocycles. The fourth-order valence-electron chi connectivity index (χ4n) is 2.60. The first kappa shape index (κ1) is 16.2. The number of hydrogen-bond donors (Lipinski definition) is 2. The normalized spacial score (nSPS) is 15.3. The van der Waals surface area contributed by atoms with Crippen molar-refractivity contribution in [2.24, 2.45) is 0 Å². The summed E-state index contributed by atoms with van der Waals surface area (Å²) in [6, 6.07) is 15.6.